The Hall–Kier alpha value is -1.88. The zero-order valence-corrected chi connectivity index (χ0v) is 10.6. The van der Waals surface area contributed by atoms with Gasteiger partial charge >= 0.3 is 0 Å². The zero-order chi connectivity index (χ0) is 13.0. The van der Waals surface area contributed by atoms with Crippen LogP contribution in [0, 0.1) is 0 Å². The molecule has 0 aromatic carbocycles. The molecule has 5 heteroatoms. The molecule has 1 unspecified atom stereocenters. The van der Waals surface area contributed by atoms with E-state index in [4.69, 9.17) is 4.74 Å². The van der Waals surface area contributed by atoms with Crippen LogP contribution in [0.4, 0.5) is 0 Å². The third-order valence-electron chi connectivity index (χ3n) is 2.74. The lowest BCUT2D eigenvalue weighted by molar-refractivity contribution is 0.172. The minimum atomic E-state index is -0.644. The summed E-state index contributed by atoms with van der Waals surface area (Å²) in [7, 11) is 1.56. The van der Waals surface area contributed by atoms with E-state index in [9.17, 15) is 5.11 Å². The predicted octanol–water partition coefficient (Wildman–Crippen LogP) is 1.58. The van der Waals surface area contributed by atoms with Crippen molar-refractivity contribution >= 4 is 0 Å². The van der Waals surface area contributed by atoms with Crippen LogP contribution in [0.3, 0.4) is 0 Å². The average Bonchev–Trinajstić information content (AvgIpc) is 2.86. The van der Waals surface area contributed by atoms with Crippen molar-refractivity contribution < 1.29 is 9.84 Å². The number of aromatic nitrogens is 3. The van der Waals surface area contributed by atoms with Crippen LogP contribution in [-0.4, -0.2) is 27.0 Å². The van der Waals surface area contributed by atoms with Gasteiger partial charge < -0.3 is 9.84 Å². The Morgan fingerprint density at radius 3 is 2.94 bits per heavy atom. The maximum Gasteiger partial charge on any atom is 0.213 e. The van der Waals surface area contributed by atoms with Gasteiger partial charge in [0.05, 0.1) is 19.0 Å². The van der Waals surface area contributed by atoms with E-state index in [0.29, 0.717) is 18.0 Å². The van der Waals surface area contributed by atoms with E-state index in [1.165, 1.54) is 0 Å². The molecule has 2 rings (SSSR count). The SMILES string of the molecule is CCn1cc(CC(O)c2cccc(OC)n2)cn1. The third-order valence-corrected chi connectivity index (χ3v) is 2.74. The number of methoxy groups -OCH3 is 1. The predicted molar refractivity (Wildman–Crippen MR) is 67.4 cm³/mol. The number of aryl methyl sites for hydroxylation is 1. The summed E-state index contributed by atoms with van der Waals surface area (Å²) >= 11 is 0. The monoisotopic (exact) mass is 247 g/mol. The number of pyridine rings is 1. The molecule has 96 valence electrons. The minimum absolute atomic E-state index is 0.500. The van der Waals surface area contributed by atoms with Gasteiger partial charge in [0.15, 0.2) is 0 Å². The van der Waals surface area contributed by atoms with Crippen LogP contribution in [0.5, 0.6) is 5.88 Å². The highest BCUT2D eigenvalue weighted by Gasteiger charge is 2.12. The molecule has 0 bridgehead atoms. The van der Waals surface area contributed by atoms with Gasteiger partial charge in [-0.3, -0.25) is 4.68 Å². The second-order valence-electron chi connectivity index (χ2n) is 4.03. The van der Waals surface area contributed by atoms with Gasteiger partial charge in [-0.1, -0.05) is 6.07 Å². The molecule has 0 radical (unpaired) electrons. The minimum Gasteiger partial charge on any atom is -0.481 e. The Labute approximate surface area is 106 Å². The molecular formula is C13H17N3O2. The summed E-state index contributed by atoms with van der Waals surface area (Å²) in [5.41, 5.74) is 1.60. The molecule has 0 saturated heterocycles. The summed E-state index contributed by atoms with van der Waals surface area (Å²) in [4.78, 5) is 4.21. The molecule has 0 aliphatic rings. The normalized spacial score (nSPS) is 12.4. The van der Waals surface area contributed by atoms with Gasteiger partial charge in [-0.2, -0.15) is 5.10 Å². The van der Waals surface area contributed by atoms with Crippen LogP contribution >= 0.6 is 0 Å². The van der Waals surface area contributed by atoms with Gasteiger partial charge in [-0.05, 0) is 18.6 Å². The first-order valence-corrected chi connectivity index (χ1v) is 5.93. The number of ether oxygens (including phenoxy) is 1. The van der Waals surface area contributed by atoms with Gasteiger partial charge in [0.2, 0.25) is 5.88 Å². The lowest BCUT2D eigenvalue weighted by Crippen LogP contribution is -2.04. The molecule has 1 atom stereocenters. The van der Waals surface area contributed by atoms with Crippen LogP contribution in [-0.2, 0) is 13.0 Å². The summed E-state index contributed by atoms with van der Waals surface area (Å²) < 4.78 is 6.87. The number of nitrogens with zero attached hydrogens (tertiary/aromatic N) is 3. The molecule has 18 heavy (non-hydrogen) atoms. The molecule has 5 nitrogen and oxygen atoms in total. The molecule has 0 aliphatic heterocycles. The van der Waals surface area contributed by atoms with Crippen molar-refractivity contribution in [2.24, 2.45) is 0 Å². The number of hydrogen-bond acceptors (Lipinski definition) is 4. The van der Waals surface area contributed by atoms with E-state index < -0.39 is 6.10 Å². The van der Waals surface area contributed by atoms with Gasteiger partial charge in [0.25, 0.3) is 0 Å². The molecule has 2 aromatic rings. The van der Waals surface area contributed by atoms with Crippen LogP contribution in [0.25, 0.3) is 0 Å². The highest BCUT2D eigenvalue weighted by Crippen LogP contribution is 2.18. The Kier molecular flexibility index (Phi) is 3.94. The Balaban J connectivity index is 2.08. The Bertz CT molecular complexity index is 510. The third kappa shape index (κ3) is 2.87. The van der Waals surface area contributed by atoms with E-state index in [2.05, 4.69) is 10.1 Å². The smallest absolute Gasteiger partial charge is 0.213 e. The van der Waals surface area contributed by atoms with Gasteiger partial charge in [0, 0.05) is 25.2 Å². The van der Waals surface area contributed by atoms with E-state index in [1.54, 1.807) is 25.4 Å². The Morgan fingerprint density at radius 2 is 2.28 bits per heavy atom. The molecule has 0 amide bonds. The number of aliphatic hydroxyl groups is 1. The first-order chi connectivity index (χ1) is 8.72. The fourth-order valence-corrected chi connectivity index (χ4v) is 1.74. The van der Waals surface area contributed by atoms with Crippen molar-refractivity contribution in [2.75, 3.05) is 7.11 Å². The van der Waals surface area contributed by atoms with Crippen molar-refractivity contribution in [3.63, 3.8) is 0 Å². The van der Waals surface area contributed by atoms with Crippen LogP contribution in [0.1, 0.15) is 24.3 Å². The van der Waals surface area contributed by atoms with Crippen LogP contribution in [0.2, 0.25) is 0 Å². The summed E-state index contributed by atoms with van der Waals surface area (Å²) in [5.74, 6) is 0.510. The van der Waals surface area contributed by atoms with Gasteiger partial charge in [-0.25, -0.2) is 4.98 Å². The van der Waals surface area contributed by atoms with Crippen molar-refractivity contribution in [2.45, 2.75) is 26.0 Å². The van der Waals surface area contributed by atoms with Crippen molar-refractivity contribution in [3.8, 4) is 5.88 Å². The van der Waals surface area contributed by atoms with Gasteiger partial charge in [0.1, 0.15) is 6.10 Å². The standard InChI is InChI=1S/C13H17N3O2/c1-3-16-9-10(8-14-16)7-12(17)11-5-4-6-13(15-11)18-2/h4-6,8-9,12,17H,3,7H2,1-2H3. The highest BCUT2D eigenvalue weighted by atomic mass is 16.5. The average molecular weight is 247 g/mol. The largest absolute Gasteiger partial charge is 0.481 e. The van der Waals surface area contributed by atoms with Crippen LogP contribution < -0.4 is 4.74 Å². The second-order valence-corrected chi connectivity index (χ2v) is 4.03. The lowest BCUT2D eigenvalue weighted by atomic mass is 10.1. The maximum absolute atomic E-state index is 10.1. The van der Waals surface area contributed by atoms with Gasteiger partial charge in [-0.15, -0.1) is 0 Å². The van der Waals surface area contributed by atoms with Crippen molar-refractivity contribution in [3.05, 3.63) is 41.9 Å². The highest BCUT2D eigenvalue weighted by molar-refractivity contribution is 5.19. The summed E-state index contributed by atoms with van der Waals surface area (Å²) in [6, 6.07) is 5.36. The lowest BCUT2D eigenvalue weighted by Gasteiger charge is -2.09. The summed E-state index contributed by atoms with van der Waals surface area (Å²) in [6.45, 7) is 2.85. The number of rotatable bonds is 5. The molecule has 0 spiro atoms. The fourth-order valence-electron chi connectivity index (χ4n) is 1.74. The summed E-state index contributed by atoms with van der Waals surface area (Å²) in [5, 5.41) is 14.3. The first-order valence-electron chi connectivity index (χ1n) is 5.93. The Morgan fingerprint density at radius 1 is 1.44 bits per heavy atom. The fraction of sp³-hybridized carbons (Fsp3) is 0.385. The van der Waals surface area contributed by atoms with Crippen molar-refractivity contribution in [1.82, 2.24) is 14.8 Å². The molecular weight excluding hydrogens is 230 g/mol. The van der Waals surface area contributed by atoms with Crippen LogP contribution in [0.15, 0.2) is 30.6 Å². The molecule has 0 aliphatic carbocycles. The van der Waals surface area contributed by atoms with E-state index in [0.717, 1.165) is 12.1 Å². The van der Waals surface area contributed by atoms with E-state index in [1.807, 2.05) is 23.9 Å². The zero-order valence-electron chi connectivity index (χ0n) is 10.6. The quantitative estimate of drug-likeness (QED) is 0.871. The topological polar surface area (TPSA) is 60.2 Å². The molecule has 1 N–H and O–H groups in total. The number of aliphatic hydroxyl groups excluding tert-OH is 1. The summed E-state index contributed by atoms with van der Waals surface area (Å²) in [6.07, 6.45) is 3.56. The van der Waals surface area contributed by atoms with E-state index >= 15 is 0 Å². The van der Waals surface area contributed by atoms with E-state index in [-0.39, 0.29) is 0 Å². The maximum atomic E-state index is 10.1. The van der Waals surface area contributed by atoms with Crippen molar-refractivity contribution in [1.29, 1.82) is 0 Å². The first kappa shape index (κ1) is 12.6. The molecule has 0 saturated carbocycles. The molecule has 2 aromatic heterocycles. The molecule has 0 fully saturated rings. The number of hydrogen-bond donors (Lipinski definition) is 1. The molecule has 2 heterocycles. The second kappa shape index (κ2) is 5.64.